The number of hydrogen-bond acceptors (Lipinski definition) is 7. The number of hydrogen-bond donors (Lipinski definition) is 1. The number of likely N-dealkylation sites (tertiary alicyclic amines) is 1. The first kappa shape index (κ1) is 27.2. The Morgan fingerprint density at radius 2 is 1.98 bits per heavy atom. The molecule has 5 aromatic rings. The predicted octanol–water partition coefficient (Wildman–Crippen LogP) is 4.11. The molecule has 13 heteroatoms. The van der Waals surface area contributed by atoms with Crippen LogP contribution in [-0.2, 0) is 16.1 Å². The molecule has 42 heavy (non-hydrogen) atoms. The quantitative estimate of drug-likeness (QED) is 0.284. The number of alkyl halides is 1. The lowest BCUT2D eigenvalue weighted by atomic mass is 10.0. The molecule has 1 aliphatic rings. The highest BCUT2D eigenvalue weighted by Gasteiger charge is 2.40. The van der Waals surface area contributed by atoms with Crippen LogP contribution in [0.5, 0.6) is 0 Å². The molecule has 1 N–H and O–H groups in total. The van der Waals surface area contributed by atoms with Crippen LogP contribution in [0.4, 0.5) is 10.1 Å². The molecule has 1 fully saturated rings. The van der Waals surface area contributed by atoms with Crippen LogP contribution >= 0.6 is 11.6 Å². The van der Waals surface area contributed by atoms with Crippen LogP contribution < -0.4 is 5.32 Å². The Morgan fingerprint density at radius 3 is 2.71 bits per heavy atom. The molecule has 2 unspecified atom stereocenters. The molecule has 0 bridgehead atoms. The smallest absolute Gasteiger partial charge is 0.247 e. The van der Waals surface area contributed by atoms with E-state index in [0.29, 0.717) is 32.9 Å². The Kier molecular flexibility index (Phi) is 7.21. The molecule has 3 aromatic heterocycles. The second kappa shape index (κ2) is 11.1. The number of amides is 2. The molecular formula is C29H24ClFN8O3. The fourth-order valence-corrected chi connectivity index (χ4v) is 5.54. The third-order valence-electron chi connectivity index (χ3n) is 7.25. The first-order chi connectivity index (χ1) is 20.3. The van der Waals surface area contributed by atoms with Crippen molar-refractivity contribution in [3.8, 4) is 16.8 Å². The molecule has 1 saturated heterocycles. The van der Waals surface area contributed by atoms with Gasteiger partial charge < -0.3 is 14.8 Å². The van der Waals surface area contributed by atoms with E-state index in [9.17, 15) is 18.8 Å². The van der Waals surface area contributed by atoms with Gasteiger partial charge in [0.1, 0.15) is 37.1 Å². The molecule has 1 aliphatic heterocycles. The van der Waals surface area contributed by atoms with Gasteiger partial charge in [0.2, 0.25) is 11.8 Å². The van der Waals surface area contributed by atoms with Crippen molar-refractivity contribution in [2.24, 2.45) is 0 Å². The van der Waals surface area contributed by atoms with Gasteiger partial charge >= 0.3 is 0 Å². The average molecular weight is 587 g/mol. The van der Waals surface area contributed by atoms with Crippen molar-refractivity contribution in [1.82, 2.24) is 34.4 Å². The van der Waals surface area contributed by atoms with Gasteiger partial charge in [-0.15, -0.1) is 0 Å². The molecule has 4 heterocycles. The van der Waals surface area contributed by atoms with E-state index in [4.69, 9.17) is 11.6 Å². The van der Waals surface area contributed by atoms with E-state index < -0.39 is 24.0 Å². The van der Waals surface area contributed by atoms with Crippen LogP contribution in [-0.4, -0.2) is 70.8 Å². The van der Waals surface area contributed by atoms with Gasteiger partial charge in [-0.1, -0.05) is 23.7 Å². The van der Waals surface area contributed by atoms with Gasteiger partial charge in [0.05, 0.1) is 29.6 Å². The molecular weight excluding hydrogens is 563 g/mol. The van der Waals surface area contributed by atoms with Crippen LogP contribution in [0.3, 0.4) is 0 Å². The first-order valence-electron chi connectivity index (χ1n) is 13.1. The molecule has 0 saturated carbocycles. The normalized spacial score (nSPS) is 16.6. The van der Waals surface area contributed by atoms with Gasteiger partial charge in [0.25, 0.3) is 0 Å². The highest BCUT2D eigenvalue weighted by atomic mass is 35.5. The van der Waals surface area contributed by atoms with E-state index in [1.807, 2.05) is 24.3 Å². The number of carbonyl (C=O) groups excluding carboxylic acids is 3. The van der Waals surface area contributed by atoms with E-state index in [0.717, 1.165) is 11.1 Å². The minimum absolute atomic E-state index is 0.148. The van der Waals surface area contributed by atoms with Crippen molar-refractivity contribution >= 4 is 45.8 Å². The van der Waals surface area contributed by atoms with Gasteiger partial charge in [-0.2, -0.15) is 15.3 Å². The lowest BCUT2D eigenvalue weighted by Crippen LogP contribution is -2.44. The Labute approximate surface area is 243 Å². The Bertz CT molecular complexity index is 1810. The number of anilines is 1. The predicted molar refractivity (Wildman–Crippen MR) is 153 cm³/mol. The lowest BCUT2D eigenvalue weighted by Gasteiger charge is -2.24. The van der Waals surface area contributed by atoms with Gasteiger partial charge in [-0.05, 0) is 42.8 Å². The summed E-state index contributed by atoms with van der Waals surface area (Å²) >= 11 is 6.38. The number of fused-ring (bicyclic) bond motifs is 1. The van der Waals surface area contributed by atoms with Crippen LogP contribution in [0.1, 0.15) is 23.7 Å². The molecule has 0 aliphatic carbocycles. The van der Waals surface area contributed by atoms with Crippen molar-refractivity contribution in [3.05, 3.63) is 84.3 Å². The van der Waals surface area contributed by atoms with Crippen molar-refractivity contribution in [2.75, 3.05) is 11.9 Å². The SMILES string of the molecule is CC(=O)c1cn(CC(=O)N2CC(F)CC2C(=O)Nc2cccc(Cl)c2-n2cncn2)c2ccc(-c3ccnnc3)cc12. The summed E-state index contributed by atoms with van der Waals surface area (Å²) in [6, 6.07) is 11.3. The number of Topliss-reactive ketones (excluding diaryl/α,β-unsaturated/α-hetero) is 1. The van der Waals surface area contributed by atoms with E-state index in [2.05, 4.69) is 25.6 Å². The van der Waals surface area contributed by atoms with Crippen molar-refractivity contribution < 1.29 is 18.8 Å². The van der Waals surface area contributed by atoms with Crippen LogP contribution in [0.2, 0.25) is 5.02 Å². The standard InChI is InChI=1S/C29H24ClFN8O3/c1-17(40)22-13-37(25-6-5-18(9-21(22)25)19-7-8-33-34-11-19)14-27(41)38-12-20(31)10-26(38)29(42)36-24-4-2-3-23(30)28(24)39-16-32-15-35-39/h2-9,11,13,15-16,20,26H,10,12,14H2,1H3,(H,36,42). The van der Waals surface area contributed by atoms with Gasteiger partial charge in [-0.3, -0.25) is 14.4 Å². The molecule has 2 atom stereocenters. The number of aromatic nitrogens is 6. The Morgan fingerprint density at radius 1 is 1.12 bits per heavy atom. The van der Waals surface area contributed by atoms with E-state index in [-0.39, 0.29) is 25.3 Å². The monoisotopic (exact) mass is 586 g/mol. The van der Waals surface area contributed by atoms with E-state index in [1.165, 1.54) is 29.2 Å². The summed E-state index contributed by atoms with van der Waals surface area (Å²) < 4.78 is 17.7. The average Bonchev–Trinajstić information content (AvgIpc) is 3.73. The summed E-state index contributed by atoms with van der Waals surface area (Å²) in [6.07, 6.45) is 6.08. The number of halogens is 2. The number of ketones is 1. The molecule has 2 aromatic carbocycles. The summed E-state index contributed by atoms with van der Waals surface area (Å²) in [5.74, 6) is -1.17. The first-order valence-corrected chi connectivity index (χ1v) is 13.5. The summed E-state index contributed by atoms with van der Waals surface area (Å²) in [5.41, 5.74) is 3.52. The summed E-state index contributed by atoms with van der Waals surface area (Å²) in [5, 5.41) is 15.6. The topological polar surface area (TPSA) is 128 Å². The summed E-state index contributed by atoms with van der Waals surface area (Å²) in [6.45, 7) is 1.05. The van der Waals surface area contributed by atoms with Crippen molar-refractivity contribution in [3.63, 3.8) is 0 Å². The minimum atomic E-state index is -1.37. The maximum atomic E-state index is 14.7. The zero-order valence-electron chi connectivity index (χ0n) is 22.3. The second-order valence-corrected chi connectivity index (χ2v) is 10.4. The maximum Gasteiger partial charge on any atom is 0.247 e. The molecule has 0 radical (unpaired) electrons. The third kappa shape index (κ3) is 5.12. The Balaban J connectivity index is 1.26. The third-order valence-corrected chi connectivity index (χ3v) is 7.55. The van der Waals surface area contributed by atoms with Crippen molar-refractivity contribution in [1.29, 1.82) is 0 Å². The lowest BCUT2D eigenvalue weighted by molar-refractivity contribution is -0.137. The number of benzene rings is 2. The maximum absolute atomic E-state index is 14.7. The number of para-hydroxylation sites is 1. The van der Waals surface area contributed by atoms with Gasteiger partial charge in [0, 0.05) is 34.6 Å². The fraction of sp³-hybridized carbons (Fsp3) is 0.207. The molecule has 0 spiro atoms. The van der Waals surface area contributed by atoms with Gasteiger partial charge in [-0.25, -0.2) is 14.1 Å². The Hall–Kier alpha value is -4.97. The van der Waals surface area contributed by atoms with Crippen LogP contribution in [0.25, 0.3) is 27.7 Å². The van der Waals surface area contributed by atoms with Crippen LogP contribution in [0.15, 0.2) is 73.7 Å². The van der Waals surface area contributed by atoms with Crippen LogP contribution in [0, 0.1) is 0 Å². The highest BCUT2D eigenvalue weighted by Crippen LogP contribution is 2.31. The second-order valence-electron chi connectivity index (χ2n) is 9.95. The van der Waals surface area contributed by atoms with E-state index in [1.54, 1.807) is 41.4 Å². The molecule has 6 rings (SSSR count). The zero-order valence-corrected chi connectivity index (χ0v) is 23.1. The molecule has 212 valence electrons. The zero-order chi connectivity index (χ0) is 29.4. The number of nitrogens with zero attached hydrogens (tertiary/aromatic N) is 7. The molecule has 2 amide bonds. The molecule has 11 nitrogen and oxygen atoms in total. The fourth-order valence-electron chi connectivity index (χ4n) is 5.28. The summed E-state index contributed by atoms with van der Waals surface area (Å²) in [4.78, 5) is 44.7. The highest BCUT2D eigenvalue weighted by molar-refractivity contribution is 6.33. The number of nitrogens with one attached hydrogen (secondary N) is 1. The minimum Gasteiger partial charge on any atom is -0.337 e. The van der Waals surface area contributed by atoms with Gasteiger partial charge in [0.15, 0.2) is 5.78 Å². The number of carbonyl (C=O) groups is 3. The number of rotatable bonds is 7. The summed E-state index contributed by atoms with van der Waals surface area (Å²) in [7, 11) is 0. The van der Waals surface area contributed by atoms with E-state index >= 15 is 0 Å². The van der Waals surface area contributed by atoms with Crippen molar-refractivity contribution in [2.45, 2.75) is 32.1 Å². The largest absolute Gasteiger partial charge is 0.337 e.